The van der Waals surface area contributed by atoms with E-state index in [0.717, 1.165) is 41.9 Å². The molecule has 0 spiro atoms. The predicted molar refractivity (Wildman–Crippen MR) is 117 cm³/mol. The monoisotopic (exact) mass is 434 g/mol. The molecule has 5 nitrogen and oxygen atoms in total. The van der Waals surface area contributed by atoms with Crippen LogP contribution in [-0.4, -0.2) is 36.6 Å². The summed E-state index contributed by atoms with van der Waals surface area (Å²) in [5, 5.41) is 2.75. The summed E-state index contributed by atoms with van der Waals surface area (Å²) in [5.41, 5.74) is 1.66. The summed E-state index contributed by atoms with van der Waals surface area (Å²) in [4.78, 5) is 17.3. The van der Waals surface area contributed by atoms with Gasteiger partial charge in [-0.2, -0.15) is 4.31 Å². The summed E-state index contributed by atoms with van der Waals surface area (Å²) in [7, 11) is -3.44. The Balaban J connectivity index is 1.71. The quantitative estimate of drug-likeness (QED) is 0.600. The van der Waals surface area contributed by atoms with Crippen molar-refractivity contribution in [1.82, 2.24) is 9.29 Å². The number of piperidine rings is 1. The van der Waals surface area contributed by atoms with Gasteiger partial charge in [0.25, 0.3) is 0 Å². The van der Waals surface area contributed by atoms with Crippen molar-refractivity contribution < 1.29 is 13.2 Å². The largest absolute Gasteiger partial charge is 0.299 e. The fraction of sp³-hybridized carbons (Fsp3) is 0.545. The second-order valence-electron chi connectivity index (χ2n) is 7.89. The van der Waals surface area contributed by atoms with Crippen LogP contribution in [0.2, 0.25) is 0 Å². The fourth-order valence-electron chi connectivity index (χ4n) is 3.73. The van der Waals surface area contributed by atoms with E-state index in [1.807, 2.05) is 19.2 Å². The molecule has 1 aliphatic heterocycles. The number of nitrogens with zero attached hydrogens (tertiary/aromatic N) is 2. The molecular weight excluding hydrogens is 404 g/mol. The molecule has 0 amide bonds. The van der Waals surface area contributed by atoms with Crippen LogP contribution in [0.4, 0.5) is 0 Å². The van der Waals surface area contributed by atoms with Gasteiger partial charge in [-0.3, -0.25) is 4.79 Å². The van der Waals surface area contributed by atoms with Gasteiger partial charge in [0.05, 0.1) is 17.0 Å². The first-order valence-corrected chi connectivity index (χ1v) is 12.7. The van der Waals surface area contributed by atoms with Crippen molar-refractivity contribution >= 4 is 27.1 Å². The lowest BCUT2D eigenvalue weighted by Gasteiger charge is -2.29. The van der Waals surface area contributed by atoms with Crippen LogP contribution in [0.15, 0.2) is 34.5 Å². The molecule has 1 fully saturated rings. The van der Waals surface area contributed by atoms with E-state index in [9.17, 15) is 13.2 Å². The zero-order valence-electron chi connectivity index (χ0n) is 17.4. The molecule has 29 heavy (non-hydrogen) atoms. The van der Waals surface area contributed by atoms with Gasteiger partial charge in [-0.05, 0) is 43.7 Å². The summed E-state index contributed by atoms with van der Waals surface area (Å²) in [6, 6.07) is 6.94. The lowest BCUT2D eigenvalue weighted by atomic mass is 9.96. The van der Waals surface area contributed by atoms with Crippen molar-refractivity contribution in [3.8, 4) is 11.3 Å². The van der Waals surface area contributed by atoms with Crippen LogP contribution < -0.4 is 0 Å². The third-order valence-corrected chi connectivity index (χ3v) is 8.61. The molecule has 1 aromatic heterocycles. The van der Waals surface area contributed by atoms with E-state index in [0.29, 0.717) is 30.3 Å². The number of thiazole rings is 1. The Kier molecular flexibility index (Phi) is 7.24. The van der Waals surface area contributed by atoms with Crippen molar-refractivity contribution in [2.24, 2.45) is 11.8 Å². The maximum absolute atomic E-state index is 12.9. The number of carbonyl (C=O) groups is 1. The first kappa shape index (κ1) is 22.1. The van der Waals surface area contributed by atoms with Gasteiger partial charge in [0.1, 0.15) is 10.8 Å². The molecule has 158 valence electrons. The molecule has 1 aromatic carbocycles. The third kappa shape index (κ3) is 5.13. The molecule has 7 heteroatoms. The molecule has 0 N–H and O–H groups in total. The Bertz CT molecular complexity index is 923. The molecule has 0 bridgehead atoms. The highest BCUT2D eigenvalue weighted by Crippen LogP contribution is 2.27. The molecular formula is C22H30N2O3S2. The maximum atomic E-state index is 12.9. The van der Waals surface area contributed by atoms with E-state index < -0.39 is 10.0 Å². The van der Waals surface area contributed by atoms with Gasteiger partial charge in [0.15, 0.2) is 0 Å². The van der Waals surface area contributed by atoms with Gasteiger partial charge in [-0.25, -0.2) is 13.4 Å². The topological polar surface area (TPSA) is 67.3 Å². The van der Waals surface area contributed by atoms with E-state index in [2.05, 4.69) is 11.9 Å². The van der Waals surface area contributed by atoms with Crippen LogP contribution in [0.25, 0.3) is 11.3 Å². The summed E-state index contributed by atoms with van der Waals surface area (Å²) in [6.07, 6.45) is 3.92. The zero-order valence-corrected chi connectivity index (χ0v) is 19.1. The Morgan fingerprint density at radius 2 is 1.79 bits per heavy atom. The molecule has 1 saturated heterocycles. The average molecular weight is 435 g/mol. The highest BCUT2D eigenvalue weighted by Gasteiger charge is 2.28. The predicted octanol–water partition coefficient (Wildman–Crippen LogP) is 4.78. The van der Waals surface area contributed by atoms with E-state index in [1.54, 1.807) is 28.6 Å². The Morgan fingerprint density at radius 1 is 1.17 bits per heavy atom. The molecule has 0 atom stereocenters. The highest BCUT2D eigenvalue weighted by molar-refractivity contribution is 7.89. The smallest absolute Gasteiger partial charge is 0.243 e. The number of Topliss-reactive ketones (excluding diaryl/α,β-unsaturated/α-hetero) is 1. The lowest BCUT2D eigenvalue weighted by Crippen LogP contribution is -2.37. The minimum absolute atomic E-state index is 0.101. The van der Waals surface area contributed by atoms with Gasteiger partial charge in [-0.15, -0.1) is 11.3 Å². The molecule has 0 unspecified atom stereocenters. The van der Waals surface area contributed by atoms with Crippen molar-refractivity contribution in [2.75, 3.05) is 13.1 Å². The van der Waals surface area contributed by atoms with Gasteiger partial charge in [0.2, 0.25) is 10.0 Å². The molecule has 3 rings (SSSR count). The Labute approximate surface area is 178 Å². The van der Waals surface area contributed by atoms with Gasteiger partial charge < -0.3 is 0 Å². The standard InChI is InChI=1S/C22H30N2O3S2/c1-4-17(5-2)21(25)14-22-23-20(15-28-22)18-6-8-19(9-7-18)29(26,27)24-12-10-16(3)11-13-24/h6-9,15-17H,4-5,10-14H2,1-3H3. The minimum Gasteiger partial charge on any atom is -0.299 e. The summed E-state index contributed by atoms with van der Waals surface area (Å²) < 4.78 is 27.3. The van der Waals surface area contributed by atoms with Crippen molar-refractivity contribution in [3.63, 3.8) is 0 Å². The van der Waals surface area contributed by atoms with Crippen LogP contribution in [-0.2, 0) is 21.2 Å². The van der Waals surface area contributed by atoms with Crippen LogP contribution in [0.1, 0.15) is 51.5 Å². The first-order chi connectivity index (χ1) is 13.8. The second kappa shape index (κ2) is 9.49. The van der Waals surface area contributed by atoms with Crippen LogP contribution in [0.5, 0.6) is 0 Å². The van der Waals surface area contributed by atoms with Crippen molar-refractivity contribution in [3.05, 3.63) is 34.7 Å². The zero-order chi connectivity index (χ0) is 21.0. The SMILES string of the molecule is CCC(CC)C(=O)Cc1nc(-c2ccc(S(=O)(=O)N3CCC(C)CC3)cc2)cs1. The van der Waals surface area contributed by atoms with E-state index >= 15 is 0 Å². The Morgan fingerprint density at radius 3 is 2.38 bits per heavy atom. The molecule has 0 aliphatic carbocycles. The molecule has 2 heterocycles. The van der Waals surface area contributed by atoms with Crippen LogP contribution >= 0.6 is 11.3 Å². The number of aromatic nitrogens is 1. The third-order valence-electron chi connectivity index (χ3n) is 5.85. The fourth-order valence-corrected chi connectivity index (χ4v) is 6.02. The molecule has 0 saturated carbocycles. The van der Waals surface area contributed by atoms with Crippen LogP contribution in [0, 0.1) is 11.8 Å². The number of hydrogen-bond acceptors (Lipinski definition) is 5. The van der Waals surface area contributed by atoms with Gasteiger partial charge >= 0.3 is 0 Å². The minimum atomic E-state index is -3.44. The number of hydrogen-bond donors (Lipinski definition) is 0. The van der Waals surface area contributed by atoms with E-state index in [1.165, 1.54) is 11.3 Å². The summed E-state index contributed by atoms with van der Waals surface area (Å²) in [6.45, 7) is 7.43. The highest BCUT2D eigenvalue weighted by atomic mass is 32.2. The molecule has 0 radical (unpaired) electrons. The average Bonchev–Trinajstić information content (AvgIpc) is 3.18. The summed E-state index contributed by atoms with van der Waals surface area (Å²) in [5.74, 6) is 0.928. The summed E-state index contributed by atoms with van der Waals surface area (Å²) >= 11 is 1.49. The molecule has 1 aliphatic rings. The lowest BCUT2D eigenvalue weighted by molar-refractivity contribution is -0.122. The number of ketones is 1. The first-order valence-electron chi connectivity index (χ1n) is 10.4. The van der Waals surface area contributed by atoms with Crippen molar-refractivity contribution in [1.29, 1.82) is 0 Å². The number of carbonyl (C=O) groups excluding carboxylic acids is 1. The van der Waals surface area contributed by atoms with Gasteiger partial charge in [0, 0.05) is 30.0 Å². The van der Waals surface area contributed by atoms with E-state index in [-0.39, 0.29) is 11.7 Å². The van der Waals surface area contributed by atoms with E-state index in [4.69, 9.17) is 0 Å². The maximum Gasteiger partial charge on any atom is 0.243 e. The normalized spacial score (nSPS) is 16.4. The second-order valence-corrected chi connectivity index (χ2v) is 10.8. The van der Waals surface area contributed by atoms with Crippen LogP contribution in [0.3, 0.4) is 0 Å². The van der Waals surface area contributed by atoms with Crippen molar-refractivity contribution in [2.45, 2.75) is 57.8 Å². The number of benzene rings is 1. The van der Waals surface area contributed by atoms with Gasteiger partial charge in [-0.1, -0.05) is 32.9 Å². The number of sulfonamides is 1. The molecule has 2 aromatic rings. The number of rotatable bonds is 8. The Hall–Kier alpha value is -1.57.